The molecule has 0 fully saturated rings. The molecule has 0 aliphatic carbocycles. The van der Waals surface area contributed by atoms with Gasteiger partial charge in [0.05, 0.1) is 0 Å². The van der Waals surface area contributed by atoms with Crippen LogP contribution in [-0.4, -0.2) is 35.4 Å². The molecule has 0 aromatic heterocycles. The maximum absolute atomic E-state index is 13.2. The van der Waals surface area contributed by atoms with Gasteiger partial charge in [-0.05, 0) is 68.5 Å². The van der Waals surface area contributed by atoms with Crippen LogP contribution in [0.15, 0.2) is 42.5 Å². The van der Waals surface area contributed by atoms with E-state index in [0.717, 1.165) is 23.1 Å². The Morgan fingerprint density at radius 3 is 2.39 bits per heavy atom. The molecule has 0 saturated carbocycles. The standard InChI is InChI=1S/C25H33ClN2O3/c1-6-19(5)27-25(30)23(7-2)28(15-20-10-8-9-11-22(20)26)24(29)16-31-21-13-12-17(3)18(4)14-21/h8-14,19,23H,6-7,15-16H2,1-5H3,(H,27,30)/t19-,23-/m0/s1. The molecule has 0 radical (unpaired) electrons. The van der Waals surface area contributed by atoms with Crippen molar-refractivity contribution in [1.29, 1.82) is 0 Å². The summed E-state index contributed by atoms with van der Waals surface area (Å²) >= 11 is 6.34. The Kier molecular flexibility index (Phi) is 9.38. The quantitative estimate of drug-likeness (QED) is 0.557. The smallest absolute Gasteiger partial charge is 0.261 e. The highest BCUT2D eigenvalue weighted by Gasteiger charge is 2.30. The van der Waals surface area contributed by atoms with Gasteiger partial charge in [0, 0.05) is 17.6 Å². The average molecular weight is 445 g/mol. The first-order chi connectivity index (χ1) is 14.8. The molecule has 31 heavy (non-hydrogen) atoms. The average Bonchev–Trinajstić information content (AvgIpc) is 2.75. The Bertz CT molecular complexity index is 900. The van der Waals surface area contributed by atoms with Gasteiger partial charge in [0.1, 0.15) is 11.8 Å². The van der Waals surface area contributed by atoms with Crippen molar-refractivity contribution in [2.45, 2.75) is 66.1 Å². The Hall–Kier alpha value is -2.53. The molecular weight excluding hydrogens is 412 g/mol. The lowest BCUT2D eigenvalue weighted by Crippen LogP contribution is -2.51. The van der Waals surface area contributed by atoms with Gasteiger partial charge in [0.25, 0.3) is 5.91 Å². The third-order valence-electron chi connectivity index (χ3n) is 5.53. The highest BCUT2D eigenvalue weighted by Crippen LogP contribution is 2.21. The topological polar surface area (TPSA) is 58.6 Å². The van der Waals surface area contributed by atoms with Gasteiger partial charge in [0.15, 0.2) is 6.61 Å². The molecule has 0 saturated heterocycles. The highest BCUT2D eigenvalue weighted by molar-refractivity contribution is 6.31. The summed E-state index contributed by atoms with van der Waals surface area (Å²) in [4.78, 5) is 27.7. The lowest BCUT2D eigenvalue weighted by Gasteiger charge is -2.31. The molecule has 6 heteroatoms. The second-order valence-electron chi connectivity index (χ2n) is 7.89. The zero-order chi connectivity index (χ0) is 23.0. The fourth-order valence-corrected chi connectivity index (χ4v) is 3.40. The number of hydrogen-bond donors (Lipinski definition) is 1. The lowest BCUT2D eigenvalue weighted by molar-refractivity contribution is -0.143. The minimum Gasteiger partial charge on any atom is -0.484 e. The van der Waals surface area contributed by atoms with E-state index >= 15 is 0 Å². The van der Waals surface area contributed by atoms with Gasteiger partial charge < -0.3 is 15.0 Å². The van der Waals surface area contributed by atoms with E-state index in [1.165, 1.54) is 0 Å². The fraction of sp³-hybridized carbons (Fsp3) is 0.440. The van der Waals surface area contributed by atoms with Crippen molar-refractivity contribution in [2.24, 2.45) is 0 Å². The van der Waals surface area contributed by atoms with E-state index in [1.807, 2.05) is 71.0 Å². The van der Waals surface area contributed by atoms with Crippen LogP contribution >= 0.6 is 11.6 Å². The van der Waals surface area contributed by atoms with Crippen molar-refractivity contribution < 1.29 is 14.3 Å². The van der Waals surface area contributed by atoms with Crippen LogP contribution in [0.3, 0.4) is 0 Å². The molecule has 0 spiro atoms. The second kappa shape index (κ2) is 11.8. The van der Waals surface area contributed by atoms with Crippen molar-refractivity contribution in [3.8, 4) is 5.75 Å². The molecule has 2 atom stereocenters. The molecule has 2 aromatic rings. The zero-order valence-electron chi connectivity index (χ0n) is 19.1. The summed E-state index contributed by atoms with van der Waals surface area (Å²) in [5.41, 5.74) is 3.04. The van der Waals surface area contributed by atoms with Gasteiger partial charge in [-0.25, -0.2) is 0 Å². The molecule has 0 bridgehead atoms. The molecule has 0 aliphatic rings. The summed E-state index contributed by atoms with van der Waals surface area (Å²) < 4.78 is 5.77. The summed E-state index contributed by atoms with van der Waals surface area (Å²) in [6.45, 7) is 9.97. The number of rotatable bonds is 10. The molecule has 2 aromatic carbocycles. The van der Waals surface area contributed by atoms with Crippen LogP contribution in [0.25, 0.3) is 0 Å². The van der Waals surface area contributed by atoms with Crippen LogP contribution in [0, 0.1) is 13.8 Å². The monoisotopic (exact) mass is 444 g/mol. The molecule has 2 amide bonds. The van der Waals surface area contributed by atoms with E-state index in [2.05, 4.69) is 5.32 Å². The van der Waals surface area contributed by atoms with Crippen molar-refractivity contribution >= 4 is 23.4 Å². The van der Waals surface area contributed by atoms with Gasteiger partial charge in [0.2, 0.25) is 5.91 Å². The fourth-order valence-electron chi connectivity index (χ4n) is 3.20. The normalized spacial score (nSPS) is 12.7. The minimum absolute atomic E-state index is 0.0330. The third kappa shape index (κ3) is 7.00. The first-order valence-electron chi connectivity index (χ1n) is 10.8. The first-order valence-corrected chi connectivity index (χ1v) is 11.2. The number of halogens is 1. The van der Waals surface area contributed by atoms with Gasteiger partial charge >= 0.3 is 0 Å². The number of amides is 2. The van der Waals surface area contributed by atoms with Crippen molar-refractivity contribution in [2.75, 3.05) is 6.61 Å². The SMILES string of the molecule is CC[C@H](C)NC(=O)[C@H](CC)N(Cc1ccccc1Cl)C(=O)COc1ccc(C)c(C)c1. The van der Waals surface area contributed by atoms with Gasteiger partial charge in [-0.15, -0.1) is 0 Å². The Morgan fingerprint density at radius 2 is 1.77 bits per heavy atom. The van der Waals surface area contributed by atoms with Crippen LogP contribution < -0.4 is 10.1 Å². The number of hydrogen-bond acceptors (Lipinski definition) is 3. The van der Waals surface area contributed by atoms with Crippen molar-refractivity contribution in [3.05, 3.63) is 64.2 Å². The van der Waals surface area contributed by atoms with Crippen LogP contribution in [0.2, 0.25) is 5.02 Å². The van der Waals surface area contributed by atoms with Crippen molar-refractivity contribution in [3.63, 3.8) is 0 Å². The van der Waals surface area contributed by atoms with E-state index in [9.17, 15) is 9.59 Å². The van der Waals surface area contributed by atoms with Crippen LogP contribution in [-0.2, 0) is 16.1 Å². The zero-order valence-corrected chi connectivity index (χ0v) is 19.8. The predicted molar refractivity (Wildman–Crippen MR) is 125 cm³/mol. The summed E-state index contributed by atoms with van der Waals surface area (Å²) in [5.74, 6) is 0.207. The van der Waals surface area contributed by atoms with E-state index < -0.39 is 6.04 Å². The summed E-state index contributed by atoms with van der Waals surface area (Å²) in [7, 11) is 0. The molecule has 0 aliphatic heterocycles. The summed E-state index contributed by atoms with van der Waals surface area (Å²) in [6.07, 6.45) is 1.30. The molecular formula is C25H33ClN2O3. The van der Waals surface area contributed by atoms with Crippen molar-refractivity contribution in [1.82, 2.24) is 10.2 Å². The number of ether oxygens (including phenoxy) is 1. The third-order valence-corrected chi connectivity index (χ3v) is 5.89. The Labute approximate surface area is 190 Å². The molecule has 0 heterocycles. The maximum atomic E-state index is 13.2. The van der Waals surface area contributed by atoms with Gasteiger partial charge in [-0.2, -0.15) is 0 Å². The maximum Gasteiger partial charge on any atom is 0.261 e. The summed E-state index contributed by atoms with van der Waals surface area (Å²) in [6, 6.07) is 12.5. The van der Waals surface area contributed by atoms with Crippen LogP contribution in [0.1, 0.15) is 50.3 Å². The molecule has 168 valence electrons. The number of carbonyl (C=O) groups excluding carboxylic acids is 2. The first kappa shape index (κ1) is 24.7. The second-order valence-corrected chi connectivity index (χ2v) is 8.30. The number of benzene rings is 2. The van der Waals surface area contributed by atoms with Crippen LogP contribution in [0.4, 0.5) is 0 Å². The highest BCUT2D eigenvalue weighted by atomic mass is 35.5. The number of nitrogens with zero attached hydrogens (tertiary/aromatic N) is 1. The molecule has 1 N–H and O–H groups in total. The van der Waals surface area contributed by atoms with Crippen LogP contribution in [0.5, 0.6) is 5.75 Å². The largest absolute Gasteiger partial charge is 0.484 e. The Morgan fingerprint density at radius 1 is 1.06 bits per heavy atom. The lowest BCUT2D eigenvalue weighted by atomic mass is 10.1. The number of nitrogens with one attached hydrogen (secondary N) is 1. The van der Waals surface area contributed by atoms with E-state index in [4.69, 9.17) is 16.3 Å². The van der Waals surface area contributed by atoms with Gasteiger partial charge in [-0.1, -0.05) is 49.7 Å². The van der Waals surface area contributed by atoms with Gasteiger partial charge in [-0.3, -0.25) is 9.59 Å². The molecule has 5 nitrogen and oxygen atoms in total. The Balaban J connectivity index is 2.24. The number of carbonyl (C=O) groups is 2. The van der Waals surface area contributed by atoms with E-state index in [1.54, 1.807) is 11.0 Å². The number of aryl methyl sites for hydroxylation is 2. The summed E-state index contributed by atoms with van der Waals surface area (Å²) in [5, 5.41) is 3.56. The molecule has 2 rings (SSSR count). The van der Waals surface area contributed by atoms with E-state index in [-0.39, 0.29) is 31.0 Å². The predicted octanol–water partition coefficient (Wildman–Crippen LogP) is 5.06. The minimum atomic E-state index is -0.610. The van der Waals surface area contributed by atoms with E-state index in [0.29, 0.717) is 17.2 Å². The molecule has 0 unspecified atom stereocenters.